The molecule has 0 atom stereocenters. The summed E-state index contributed by atoms with van der Waals surface area (Å²) in [6.07, 6.45) is 0. The van der Waals surface area contributed by atoms with E-state index in [0.717, 1.165) is 65.4 Å². The highest BCUT2D eigenvalue weighted by Gasteiger charge is 2.29. The lowest BCUT2D eigenvalue weighted by molar-refractivity contribution is 0.592. The van der Waals surface area contributed by atoms with Crippen molar-refractivity contribution in [3.63, 3.8) is 0 Å². The number of nitrogens with zero attached hydrogens (tertiary/aromatic N) is 2. The third kappa shape index (κ3) is 3.91. The maximum absolute atomic E-state index is 15.1. The molecule has 0 N–H and O–H groups in total. The highest BCUT2D eigenvalue weighted by atomic mass is 31.2. The molecule has 45 heavy (non-hydrogen) atoms. The maximum Gasteiger partial charge on any atom is 0.171 e. The third-order valence-corrected chi connectivity index (χ3v) is 12.1. The Labute approximate surface area is 260 Å². The molecule has 0 radical (unpaired) electrons. The normalized spacial score (nSPS) is 12.1. The molecule has 0 aliphatic heterocycles. The summed E-state index contributed by atoms with van der Waals surface area (Å²) in [6, 6.07) is 56.1. The van der Waals surface area contributed by atoms with Crippen molar-refractivity contribution in [2.75, 3.05) is 0 Å². The molecule has 0 fully saturated rings. The van der Waals surface area contributed by atoms with Crippen molar-refractivity contribution in [3.05, 3.63) is 164 Å². The number of hydrogen-bond acceptors (Lipinski definition) is 2. The van der Waals surface area contributed by atoms with E-state index in [0.29, 0.717) is 0 Å². The van der Waals surface area contributed by atoms with Gasteiger partial charge in [-0.3, -0.25) is 4.40 Å². The van der Waals surface area contributed by atoms with Crippen molar-refractivity contribution in [2.24, 2.45) is 0 Å². The summed E-state index contributed by atoms with van der Waals surface area (Å²) in [7, 11) is -3.09. The second-order valence-electron chi connectivity index (χ2n) is 11.5. The number of fused-ring (bicyclic) bond motifs is 9. The molecule has 0 spiro atoms. The molecular weight excluding hydrogens is 567 g/mol. The number of aromatic nitrogens is 2. The summed E-state index contributed by atoms with van der Waals surface area (Å²) in [4.78, 5) is 5.11. The van der Waals surface area contributed by atoms with E-state index in [1.807, 2.05) is 72.8 Å². The zero-order chi connectivity index (χ0) is 30.0. The van der Waals surface area contributed by atoms with E-state index in [9.17, 15) is 0 Å². The standard InChI is InChI=1S/C41H27N2OP/c44-45(31-12-3-1-4-13-31,32-14-5-2-6-15-32)33-25-24-28-22-23-29(26-30(28)27-33)34-17-11-18-36-40(34)35-16-7-9-20-38(35)43-39-21-10-8-19-37(39)42-41(36)43/h1-27H. The zero-order valence-corrected chi connectivity index (χ0v) is 25.2. The minimum absolute atomic E-state index is 0.832. The topological polar surface area (TPSA) is 34.4 Å². The summed E-state index contributed by atoms with van der Waals surface area (Å²) in [5.74, 6) is 0. The Hall–Kier alpha value is -5.50. The summed E-state index contributed by atoms with van der Waals surface area (Å²) in [5, 5.41) is 8.17. The predicted octanol–water partition coefficient (Wildman–Crippen LogP) is 9.25. The second kappa shape index (κ2) is 10.0. The van der Waals surface area contributed by atoms with Crippen molar-refractivity contribution in [2.45, 2.75) is 0 Å². The third-order valence-electron chi connectivity index (χ3n) is 9.02. The van der Waals surface area contributed by atoms with Gasteiger partial charge in [-0.15, -0.1) is 0 Å². The van der Waals surface area contributed by atoms with Crippen LogP contribution in [0.15, 0.2) is 164 Å². The van der Waals surface area contributed by atoms with Crippen LogP contribution in [0.2, 0.25) is 0 Å². The quantitative estimate of drug-likeness (QED) is 0.150. The highest BCUT2D eigenvalue weighted by molar-refractivity contribution is 7.85. The molecular formula is C41H27N2OP. The van der Waals surface area contributed by atoms with Crippen LogP contribution < -0.4 is 15.9 Å². The smallest absolute Gasteiger partial charge is 0.171 e. The predicted molar refractivity (Wildman–Crippen MR) is 190 cm³/mol. The molecule has 0 unspecified atom stereocenters. The van der Waals surface area contributed by atoms with Crippen LogP contribution in [0, 0.1) is 0 Å². The number of para-hydroxylation sites is 3. The molecule has 7 aromatic carbocycles. The van der Waals surface area contributed by atoms with Crippen LogP contribution >= 0.6 is 7.14 Å². The van der Waals surface area contributed by atoms with Crippen LogP contribution in [0.25, 0.3) is 60.3 Å². The fraction of sp³-hybridized carbons (Fsp3) is 0. The first-order valence-corrected chi connectivity index (χ1v) is 16.9. The molecule has 0 saturated heterocycles. The van der Waals surface area contributed by atoms with Crippen LogP contribution in [0.5, 0.6) is 0 Å². The summed E-state index contributed by atoms with van der Waals surface area (Å²) >= 11 is 0. The lowest BCUT2D eigenvalue weighted by atomic mass is 9.94. The molecule has 3 nitrogen and oxygen atoms in total. The van der Waals surface area contributed by atoms with Gasteiger partial charge in [0, 0.05) is 32.1 Å². The van der Waals surface area contributed by atoms with Crippen LogP contribution in [0.3, 0.4) is 0 Å². The number of pyridine rings is 1. The van der Waals surface area contributed by atoms with Gasteiger partial charge in [0.25, 0.3) is 0 Å². The number of imidazole rings is 1. The Morgan fingerprint density at radius 1 is 0.489 bits per heavy atom. The van der Waals surface area contributed by atoms with Gasteiger partial charge < -0.3 is 4.57 Å². The Balaban J connectivity index is 1.30. The Bertz CT molecular complexity index is 2580. The van der Waals surface area contributed by atoms with Gasteiger partial charge in [-0.1, -0.05) is 133 Å². The first-order chi connectivity index (χ1) is 22.2. The monoisotopic (exact) mass is 594 g/mol. The fourth-order valence-electron chi connectivity index (χ4n) is 6.92. The van der Waals surface area contributed by atoms with E-state index in [1.54, 1.807) is 0 Å². The molecule has 0 saturated carbocycles. The first-order valence-electron chi connectivity index (χ1n) is 15.2. The second-order valence-corrected chi connectivity index (χ2v) is 14.3. The van der Waals surface area contributed by atoms with E-state index in [2.05, 4.69) is 95.4 Å². The largest absolute Gasteiger partial charge is 0.309 e. The Morgan fingerprint density at radius 2 is 1.13 bits per heavy atom. The molecule has 0 aliphatic carbocycles. The fourth-order valence-corrected chi connectivity index (χ4v) is 9.60. The van der Waals surface area contributed by atoms with Crippen LogP contribution in [-0.4, -0.2) is 9.38 Å². The average molecular weight is 595 g/mol. The molecule has 2 aromatic heterocycles. The molecule has 0 bridgehead atoms. The van der Waals surface area contributed by atoms with E-state index < -0.39 is 7.14 Å². The number of rotatable bonds is 4. The van der Waals surface area contributed by atoms with Gasteiger partial charge in [-0.2, -0.15) is 0 Å². The van der Waals surface area contributed by atoms with Crippen molar-refractivity contribution in [3.8, 4) is 11.1 Å². The van der Waals surface area contributed by atoms with Gasteiger partial charge in [0.15, 0.2) is 7.14 Å². The Morgan fingerprint density at radius 3 is 1.91 bits per heavy atom. The maximum atomic E-state index is 15.1. The van der Waals surface area contributed by atoms with Gasteiger partial charge in [0.1, 0.15) is 5.65 Å². The lowest BCUT2D eigenvalue weighted by Gasteiger charge is -2.20. The first kappa shape index (κ1) is 25.9. The minimum Gasteiger partial charge on any atom is -0.309 e. The highest BCUT2D eigenvalue weighted by Crippen LogP contribution is 2.44. The van der Waals surface area contributed by atoms with E-state index in [-0.39, 0.29) is 0 Å². The van der Waals surface area contributed by atoms with Crippen LogP contribution in [-0.2, 0) is 4.57 Å². The van der Waals surface area contributed by atoms with Crippen molar-refractivity contribution >= 4 is 72.2 Å². The molecule has 9 rings (SSSR count). The van der Waals surface area contributed by atoms with Gasteiger partial charge >= 0.3 is 0 Å². The molecule has 0 aliphatic rings. The average Bonchev–Trinajstić information content (AvgIpc) is 3.52. The number of hydrogen-bond donors (Lipinski definition) is 0. The van der Waals surface area contributed by atoms with E-state index in [1.165, 1.54) is 10.8 Å². The Kier molecular flexibility index (Phi) is 5.78. The number of benzene rings is 7. The van der Waals surface area contributed by atoms with Crippen LogP contribution in [0.1, 0.15) is 0 Å². The van der Waals surface area contributed by atoms with Crippen molar-refractivity contribution < 1.29 is 4.57 Å². The summed E-state index contributed by atoms with van der Waals surface area (Å²) in [5.41, 5.74) is 6.46. The molecule has 0 amide bonds. The summed E-state index contributed by atoms with van der Waals surface area (Å²) in [6.45, 7) is 0. The molecule has 2 heterocycles. The van der Waals surface area contributed by atoms with E-state index >= 15 is 4.57 Å². The molecule has 4 heteroatoms. The SMILES string of the molecule is O=P(c1ccccc1)(c1ccccc1)c1ccc2ccc(-c3cccc4c3c3ccccc3n3c5ccccc5nc43)cc2c1. The lowest BCUT2D eigenvalue weighted by Crippen LogP contribution is -2.24. The molecule has 9 aromatic rings. The van der Waals surface area contributed by atoms with E-state index in [4.69, 9.17) is 4.98 Å². The zero-order valence-electron chi connectivity index (χ0n) is 24.3. The van der Waals surface area contributed by atoms with Gasteiger partial charge in [0.2, 0.25) is 0 Å². The van der Waals surface area contributed by atoms with Gasteiger partial charge in [-0.25, -0.2) is 4.98 Å². The van der Waals surface area contributed by atoms with Crippen molar-refractivity contribution in [1.29, 1.82) is 0 Å². The summed E-state index contributed by atoms with van der Waals surface area (Å²) < 4.78 is 17.4. The molecule has 212 valence electrons. The van der Waals surface area contributed by atoms with Gasteiger partial charge in [0.05, 0.1) is 16.6 Å². The minimum atomic E-state index is -3.09. The van der Waals surface area contributed by atoms with Crippen LogP contribution in [0.4, 0.5) is 0 Å². The van der Waals surface area contributed by atoms with Crippen molar-refractivity contribution in [1.82, 2.24) is 9.38 Å². The van der Waals surface area contributed by atoms with Gasteiger partial charge in [-0.05, 0) is 52.2 Å².